The summed E-state index contributed by atoms with van der Waals surface area (Å²) in [5, 5.41) is 12.1. The molecule has 1 aliphatic rings. The average Bonchev–Trinajstić information content (AvgIpc) is 2.81. The van der Waals surface area contributed by atoms with Gasteiger partial charge in [-0.1, -0.05) is 24.3 Å². The molecule has 1 heterocycles. The fourth-order valence-corrected chi connectivity index (χ4v) is 2.33. The molecule has 0 fully saturated rings. The van der Waals surface area contributed by atoms with E-state index in [4.69, 9.17) is 5.26 Å². The van der Waals surface area contributed by atoms with Crippen LogP contribution in [0.4, 0.5) is 5.95 Å². The molecule has 0 atom stereocenters. The Morgan fingerprint density at radius 1 is 1.17 bits per heavy atom. The molecule has 0 spiro atoms. The maximum absolute atomic E-state index is 8.80. The van der Waals surface area contributed by atoms with Crippen molar-refractivity contribution < 1.29 is 0 Å². The van der Waals surface area contributed by atoms with Crippen molar-refractivity contribution in [2.75, 3.05) is 5.32 Å². The highest BCUT2D eigenvalue weighted by atomic mass is 15.1. The Hall–Kier alpha value is -2.41. The largest absolute Gasteiger partial charge is 0.351 e. The summed E-state index contributed by atoms with van der Waals surface area (Å²) >= 11 is 0. The normalized spacial score (nSPS) is 13.9. The molecule has 0 saturated heterocycles. The van der Waals surface area contributed by atoms with Crippen LogP contribution in [0.15, 0.2) is 36.5 Å². The van der Waals surface area contributed by atoms with E-state index < -0.39 is 0 Å². The van der Waals surface area contributed by atoms with Crippen LogP contribution < -0.4 is 5.32 Å². The maximum atomic E-state index is 8.80. The molecule has 2 aromatic rings. The standard InChI is InChI=1S/C14H12N4/c15-9-12-5-6-16-14(17-12)18-13-7-10-3-1-2-4-11(10)8-13/h1-6,13H,7-8H2,(H,16,17,18). The number of hydrogen-bond acceptors (Lipinski definition) is 4. The first kappa shape index (κ1) is 10.7. The molecule has 0 amide bonds. The maximum Gasteiger partial charge on any atom is 0.224 e. The number of benzene rings is 1. The van der Waals surface area contributed by atoms with Crippen LogP contribution in [0.25, 0.3) is 0 Å². The fourth-order valence-electron chi connectivity index (χ4n) is 2.33. The summed E-state index contributed by atoms with van der Waals surface area (Å²) in [6, 6.07) is 12.4. The van der Waals surface area contributed by atoms with E-state index in [1.165, 1.54) is 11.1 Å². The van der Waals surface area contributed by atoms with Crippen LogP contribution in [0.2, 0.25) is 0 Å². The van der Waals surface area contributed by atoms with Crippen LogP contribution in [0.3, 0.4) is 0 Å². The molecule has 1 aromatic carbocycles. The number of nitriles is 1. The Kier molecular flexibility index (Phi) is 2.66. The molecule has 1 N–H and O–H groups in total. The molecule has 88 valence electrons. The quantitative estimate of drug-likeness (QED) is 0.865. The molecule has 0 radical (unpaired) electrons. The van der Waals surface area contributed by atoms with Crippen molar-refractivity contribution in [2.45, 2.75) is 18.9 Å². The van der Waals surface area contributed by atoms with Crippen LogP contribution in [0.5, 0.6) is 0 Å². The number of nitrogens with one attached hydrogen (secondary N) is 1. The topological polar surface area (TPSA) is 61.6 Å². The lowest BCUT2D eigenvalue weighted by Crippen LogP contribution is -2.21. The Labute approximate surface area is 105 Å². The SMILES string of the molecule is N#Cc1ccnc(NC2Cc3ccccc3C2)n1. The lowest BCUT2D eigenvalue weighted by Gasteiger charge is -2.11. The van der Waals surface area contributed by atoms with Gasteiger partial charge in [-0.2, -0.15) is 5.26 Å². The molecule has 3 rings (SSSR count). The number of fused-ring (bicyclic) bond motifs is 1. The van der Waals surface area contributed by atoms with E-state index in [1.54, 1.807) is 12.3 Å². The summed E-state index contributed by atoms with van der Waals surface area (Å²) in [6.07, 6.45) is 3.57. The van der Waals surface area contributed by atoms with Gasteiger partial charge in [0.15, 0.2) is 0 Å². The second-order valence-corrected chi connectivity index (χ2v) is 4.40. The molecule has 0 saturated carbocycles. The van der Waals surface area contributed by atoms with Gasteiger partial charge < -0.3 is 5.32 Å². The van der Waals surface area contributed by atoms with Crippen LogP contribution in [0, 0.1) is 11.3 Å². The zero-order chi connectivity index (χ0) is 12.4. The molecule has 0 aliphatic heterocycles. The summed E-state index contributed by atoms with van der Waals surface area (Å²) in [6.45, 7) is 0. The van der Waals surface area contributed by atoms with Crippen molar-refractivity contribution in [1.82, 2.24) is 9.97 Å². The average molecular weight is 236 g/mol. The number of hydrogen-bond donors (Lipinski definition) is 1. The lowest BCUT2D eigenvalue weighted by atomic mass is 10.1. The van der Waals surface area contributed by atoms with Crippen molar-refractivity contribution in [1.29, 1.82) is 5.26 Å². The van der Waals surface area contributed by atoms with E-state index in [0.29, 0.717) is 17.7 Å². The molecular weight excluding hydrogens is 224 g/mol. The van der Waals surface area contributed by atoms with E-state index in [9.17, 15) is 0 Å². The van der Waals surface area contributed by atoms with E-state index in [1.807, 2.05) is 6.07 Å². The summed E-state index contributed by atoms with van der Waals surface area (Å²) in [5.74, 6) is 0.534. The van der Waals surface area contributed by atoms with Crippen molar-refractivity contribution in [3.8, 4) is 6.07 Å². The first-order valence-electron chi connectivity index (χ1n) is 5.91. The minimum absolute atomic E-state index is 0.316. The molecular formula is C14H12N4. The van der Waals surface area contributed by atoms with Gasteiger partial charge in [-0.05, 0) is 30.0 Å². The zero-order valence-electron chi connectivity index (χ0n) is 9.80. The van der Waals surface area contributed by atoms with E-state index in [0.717, 1.165) is 12.8 Å². The van der Waals surface area contributed by atoms with Gasteiger partial charge in [0.2, 0.25) is 5.95 Å². The first-order valence-corrected chi connectivity index (χ1v) is 5.91. The third-order valence-corrected chi connectivity index (χ3v) is 3.15. The third kappa shape index (κ3) is 2.03. The number of nitrogens with zero attached hydrogens (tertiary/aromatic N) is 3. The highest BCUT2D eigenvalue weighted by Crippen LogP contribution is 2.23. The van der Waals surface area contributed by atoms with Crippen molar-refractivity contribution in [3.05, 3.63) is 53.3 Å². The van der Waals surface area contributed by atoms with E-state index >= 15 is 0 Å². The van der Waals surface area contributed by atoms with Gasteiger partial charge >= 0.3 is 0 Å². The first-order chi connectivity index (χ1) is 8.85. The smallest absolute Gasteiger partial charge is 0.224 e. The summed E-state index contributed by atoms with van der Waals surface area (Å²) in [7, 11) is 0. The Bertz CT molecular complexity index is 590. The molecule has 0 bridgehead atoms. The molecule has 4 nitrogen and oxygen atoms in total. The van der Waals surface area contributed by atoms with Gasteiger partial charge in [0.05, 0.1) is 0 Å². The van der Waals surface area contributed by atoms with Crippen molar-refractivity contribution in [2.24, 2.45) is 0 Å². The van der Waals surface area contributed by atoms with Gasteiger partial charge in [-0.3, -0.25) is 0 Å². The van der Waals surface area contributed by atoms with Crippen LogP contribution in [-0.4, -0.2) is 16.0 Å². The Balaban J connectivity index is 1.74. The Morgan fingerprint density at radius 2 is 1.89 bits per heavy atom. The summed E-state index contributed by atoms with van der Waals surface area (Å²) < 4.78 is 0. The van der Waals surface area contributed by atoms with Gasteiger partial charge in [-0.25, -0.2) is 9.97 Å². The predicted octanol–water partition coefficient (Wildman–Crippen LogP) is 1.93. The van der Waals surface area contributed by atoms with E-state index in [2.05, 4.69) is 39.6 Å². The zero-order valence-corrected chi connectivity index (χ0v) is 9.80. The molecule has 1 aromatic heterocycles. The highest BCUT2D eigenvalue weighted by Gasteiger charge is 2.21. The van der Waals surface area contributed by atoms with Crippen molar-refractivity contribution in [3.63, 3.8) is 0 Å². The second kappa shape index (κ2) is 4.46. The summed E-state index contributed by atoms with van der Waals surface area (Å²) in [5.41, 5.74) is 3.15. The monoisotopic (exact) mass is 236 g/mol. The van der Waals surface area contributed by atoms with Crippen LogP contribution in [0.1, 0.15) is 16.8 Å². The second-order valence-electron chi connectivity index (χ2n) is 4.40. The fraction of sp³-hybridized carbons (Fsp3) is 0.214. The highest BCUT2D eigenvalue weighted by molar-refractivity contribution is 5.39. The van der Waals surface area contributed by atoms with Gasteiger partial charge in [0.1, 0.15) is 11.8 Å². The molecule has 18 heavy (non-hydrogen) atoms. The minimum Gasteiger partial charge on any atom is -0.351 e. The van der Waals surface area contributed by atoms with Gasteiger partial charge in [0, 0.05) is 12.2 Å². The molecule has 1 aliphatic carbocycles. The van der Waals surface area contributed by atoms with Crippen LogP contribution >= 0.6 is 0 Å². The number of aromatic nitrogens is 2. The lowest BCUT2D eigenvalue weighted by molar-refractivity contribution is 0.761. The number of anilines is 1. The molecule has 4 heteroatoms. The van der Waals surface area contributed by atoms with Crippen LogP contribution in [-0.2, 0) is 12.8 Å². The minimum atomic E-state index is 0.316. The predicted molar refractivity (Wildman–Crippen MR) is 68.0 cm³/mol. The van der Waals surface area contributed by atoms with Crippen molar-refractivity contribution >= 4 is 5.95 Å². The number of rotatable bonds is 2. The van der Waals surface area contributed by atoms with Gasteiger partial charge in [-0.15, -0.1) is 0 Å². The Morgan fingerprint density at radius 3 is 2.56 bits per heavy atom. The van der Waals surface area contributed by atoms with E-state index in [-0.39, 0.29) is 0 Å². The summed E-state index contributed by atoms with van der Waals surface area (Å²) in [4.78, 5) is 8.27. The van der Waals surface area contributed by atoms with Gasteiger partial charge in [0.25, 0.3) is 0 Å². The third-order valence-electron chi connectivity index (χ3n) is 3.15. The molecule has 0 unspecified atom stereocenters.